The van der Waals surface area contributed by atoms with Crippen LogP contribution in [0.25, 0.3) is 0 Å². The molecule has 0 radical (unpaired) electrons. The van der Waals surface area contributed by atoms with Gasteiger partial charge in [-0.1, -0.05) is 54.7 Å². The molecule has 1 heterocycles. The normalized spacial score (nSPS) is 37.4. The number of allylic oxidation sites excluding steroid dienone is 1. The third-order valence-corrected chi connectivity index (χ3v) is 10.8. The Morgan fingerprint density at radius 2 is 1.67 bits per heavy atom. The van der Waals surface area contributed by atoms with Crippen LogP contribution in [0.15, 0.2) is 22.8 Å². The molecule has 48 heavy (non-hydrogen) atoms. The number of carbonyl (C=O) groups excluding carboxylic acids is 5. The number of alkyl halides is 3. The van der Waals surface area contributed by atoms with Crippen molar-refractivity contribution in [3.63, 3.8) is 0 Å². The van der Waals surface area contributed by atoms with Gasteiger partial charge >= 0.3 is 24.1 Å². The molecule has 4 rings (SSSR count). The van der Waals surface area contributed by atoms with E-state index < -0.39 is 105 Å². The fourth-order valence-electron chi connectivity index (χ4n) is 7.91. The van der Waals surface area contributed by atoms with Crippen molar-refractivity contribution in [1.29, 1.82) is 0 Å². The minimum Gasteiger partial charge on any atom is -0.455 e. The van der Waals surface area contributed by atoms with Gasteiger partial charge in [-0.05, 0) is 38.8 Å². The van der Waals surface area contributed by atoms with E-state index in [0.29, 0.717) is 0 Å². The van der Waals surface area contributed by atoms with Crippen LogP contribution in [0.5, 0.6) is 0 Å². The van der Waals surface area contributed by atoms with Crippen molar-refractivity contribution in [2.24, 2.45) is 16.7 Å². The van der Waals surface area contributed by atoms with E-state index in [-0.39, 0.29) is 29.7 Å². The Hall–Kier alpha value is -2.42. The van der Waals surface area contributed by atoms with Crippen molar-refractivity contribution in [3.8, 4) is 0 Å². The molecular weight excluding hydrogens is 699 g/mol. The quantitative estimate of drug-likeness (QED) is 0.132. The van der Waals surface area contributed by atoms with Crippen molar-refractivity contribution in [3.05, 3.63) is 22.8 Å². The maximum atomic E-state index is 15.3. The predicted molar refractivity (Wildman–Crippen MR) is 169 cm³/mol. The van der Waals surface area contributed by atoms with Gasteiger partial charge in [-0.2, -0.15) is 0 Å². The molecule has 3 fully saturated rings. The highest BCUT2D eigenvalue weighted by Gasteiger charge is 2.79. The molecule has 0 aromatic carbocycles. The molecule has 2 N–H and O–H groups in total. The average Bonchev–Trinajstić information content (AvgIpc) is 2.96. The molecule has 0 amide bonds. The smallest absolute Gasteiger partial charge is 0.455 e. The summed E-state index contributed by atoms with van der Waals surface area (Å²) in [5.74, 6) is -4.89. The highest BCUT2D eigenvalue weighted by molar-refractivity contribution is 6.67. The average molecular weight is 740 g/mol. The predicted octanol–water partition coefficient (Wildman–Crippen LogP) is 3.84. The first kappa shape index (κ1) is 38.4. The standard InChI is InChI=1S/C32H41Cl3O13/c1-9-14(2)26(40)47-25-23-29(8,24(39)22(45-16(4)36)21-15(3)18(38)11-31(25,42)28(21,6)7)19(46-27(41)44-13-32(33,34)35)10-20-30(23,12-43-20)48-17(5)37/h9,18-20,22-23,25,38,42H,10-13H2,1-8H3/b14-9+/t18-,19-,20?,22+,23-,25-,29+,30-,31?/m0/s1. The number of rotatable bonds is 6. The molecule has 1 aliphatic heterocycles. The van der Waals surface area contributed by atoms with E-state index in [1.165, 1.54) is 26.8 Å². The van der Waals surface area contributed by atoms with Gasteiger partial charge in [-0.25, -0.2) is 9.59 Å². The second-order valence-corrected chi connectivity index (χ2v) is 16.1. The maximum Gasteiger partial charge on any atom is 0.508 e. The number of ether oxygens (including phenoxy) is 6. The molecule has 0 spiro atoms. The lowest BCUT2D eigenvalue weighted by atomic mass is 9.44. The summed E-state index contributed by atoms with van der Waals surface area (Å²) in [4.78, 5) is 67.4. The minimum atomic E-state index is -2.22. The Labute approximate surface area is 293 Å². The van der Waals surface area contributed by atoms with Crippen LogP contribution in [-0.2, 0) is 47.6 Å². The Morgan fingerprint density at radius 1 is 1.04 bits per heavy atom. The third kappa shape index (κ3) is 6.23. The number of esters is 3. The molecule has 2 bridgehead atoms. The van der Waals surface area contributed by atoms with Gasteiger partial charge in [0, 0.05) is 37.7 Å². The molecular formula is C32H41Cl3O13. The maximum absolute atomic E-state index is 15.3. The fraction of sp³-hybridized carbons (Fsp3) is 0.719. The van der Waals surface area contributed by atoms with Crippen LogP contribution in [0.1, 0.15) is 68.2 Å². The summed E-state index contributed by atoms with van der Waals surface area (Å²) >= 11 is 17.3. The lowest BCUT2D eigenvalue weighted by Gasteiger charge is -2.67. The van der Waals surface area contributed by atoms with E-state index in [9.17, 15) is 29.4 Å². The van der Waals surface area contributed by atoms with Crippen molar-refractivity contribution >= 4 is 64.6 Å². The molecule has 2 saturated carbocycles. The van der Waals surface area contributed by atoms with Crippen molar-refractivity contribution < 1.29 is 62.6 Å². The third-order valence-electron chi connectivity index (χ3n) is 10.5. The Bertz CT molecular complexity index is 1450. The van der Waals surface area contributed by atoms with Gasteiger partial charge in [0.05, 0.1) is 24.0 Å². The van der Waals surface area contributed by atoms with E-state index >= 15 is 4.79 Å². The van der Waals surface area contributed by atoms with Crippen molar-refractivity contribution in [1.82, 2.24) is 0 Å². The number of aliphatic hydroxyl groups is 2. The van der Waals surface area contributed by atoms with Gasteiger partial charge in [0.15, 0.2) is 17.5 Å². The highest BCUT2D eigenvalue weighted by atomic mass is 35.6. The van der Waals surface area contributed by atoms with Crippen LogP contribution in [0.3, 0.4) is 0 Å². The summed E-state index contributed by atoms with van der Waals surface area (Å²) in [6.07, 6.45) is -7.92. The molecule has 4 aliphatic rings. The van der Waals surface area contributed by atoms with Crippen LogP contribution in [0.2, 0.25) is 0 Å². The van der Waals surface area contributed by atoms with E-state index in [1.54, 1.807) is 20.8 Å². The molecule has 2 unspecified atom stereocenters. The summed E-state index contributed by atoms with van der Waals surface area (Å²) in [5, 5.41) is 24.4. The van der Waals surface area contributed by atoms with Crippen LogP contribution in [0.4, 0.5) is 4.79 Å². The number of halogens is 3. The first-order valence-corrected chi connectivity index (χ1v) is 16.5. The van der Waals surface area contributed by atoms with Gasteiger partial charge in [-0.15, -0.1) is 0 Å². The zero-order chi connectivity index (χ0) is 36.4. The number of Topliss-reactive ketones (excluding diaryl/α,β-unsaturated/α-hetero) is 1. The molecule has 9 atom stereocenters. The van der Waals surface area contributed by atoms with Crippen LogP contribution in [-0.4, -0.2) is 98.8 Å². The monoisotopic (exact) mass is 738 g/mol. The number of carbonyl (C=O) groups is 5. The summed E-state index contributed by atoms with van der Waals surface area (Å²) < 4.78 is 32.4. The van der Waals surface area contributed by atoms with Crippen LogP contribution < -0.4 is 0 Å². The summed E-state index contributed by atoms with van der Waals surface area (Å²) in [6.45, 7) is 10.4. The topological polar surface area (TPSA) is 181 Å². The summed E-state index contributed by atoms with van der Waals surface area (Å²) in [6, 6.07) is 0. The lowest BCUT2D eigenvalue weighted by molar-refractivity contribution is -0.347. The van der Waals surface area contributed by atoms with E-state index in [1.807, 2.05) is 0 Å². The number of fused-ring (bicyclic) bond motifs is 5. The van der Waals surface area contributed by atoms with Gasteiger partial charge in [0.25, 0.3) is 0 Å². The van der Waals surface area contributed by atoms with Gasteiger partial charge in [0.1, 0.15) is 30.5 Å². The molecule has 268 valence electrons. The largest absolute Gasteiger partial charge is 0.508 e. The lowest BCUT2D eigenvalue weighted by Crippen LogP contribution is -2.82. The first-order chi connectivity index (χ1) is 22.0. The van der Waals surface area contributed by atoms with Crippen molar-refractivity contribution in [2.75, 3.05) is 13.2 Å². The first-order valence-electron chi connectivity index (χ1n) is 15.4. The molecule has 0 aromatic heterocycles. The Kier molecular flexibility index (Phi) is 10.4. The highest BCUT2D eigenvalue weighted by Crippen LogP contribution is 2.64. The molecule has 13 nitrogen and oxygen atoms in total. The zero-order valence-corrected chi connectivity index (χ0v) is 30.2. The molecule has 0 aromatic rings. The van der Waals surface area contributed by atoms with Gasteiger partial charge in [-0.3, -0.25) is 14.4 Å². The van der Waals surface area contributed by atoms with E-state index in [2.05, 4.69) is 0 Å². The molecule has 1 saturated heterocycles. The Balaban J connectivity index is 2.09. The second-order valence-electron chi connectivity index (χ2n) is 13.6. The number of hydrogen-bond acceptors (Lipinski definition) is 13. The summed E-state index contributed by atoms with van der Waals surface area (Å²) in [5.41, 5.74) is -7.10. The molecule has 16 heteroatoms. The van der Waals surface area contributed by atoms with Crippen LogP contribution >= 0.6 is 34.8 Å². The summed E-state index contributed by atoms with van der Waals surface area (Å²) in [7, 11) is 0. The minimum absolute atomic E-state index is 0.0680. The zero-order valence-electron chi connectivity index (χ0n) is 27.9. The van der Waals surface area contributed by atoms with Crippen molar-refractivity contribution in [2.45, 2.75) is 114 Å². The number of aliphatic hydroxyl groups excluding tert-OH is 1. The van der Waals surface area contributed by atoms with Crippen LogP contribution in [0, 0.1) is 16.7 Å². The number of hydrogen-bond donors (Lipinski definition) is 2. The van der Waals surface area contributed by atoms with Gasteiger partial charge in [0.2, 0.25) is 3.79 Å². The Morgan fingerprint density at radius 3 is 2.17 bits per heavy atom. The molecule has 3 aliphatic carbocycles. The fourth-order valence-corrected chi connectivity index (χ4v) is 8.08. The number of ketones is 1. The van der Waals surface area contributed by atoms with E-state index in [4.69, 9.17) is 63.2 Å². The second kappa shape index (κ2) is 13.0. The SMILES string of the molecule is C/C=C(\C)C(=O)O[C@H]1[C@H]2[C@](C)(C(=O)[C@H](OC(C)=O)C3=C(C)[C@@H](O)CC1(O)C3(C)C)[C@@H](OC(=O)OCC(Cl)(Cl)Cl)CC1OC[C@]12OC(C)=O. The van der Waals surface area contributed by atoms with E-state index in [0.717, 1.165) is 13.8 Å². The van der Waals surface area contributed by atoms with Gasteiger partial charge < -0.3 is 38.6 Å².